The summed E-state index contributed by atoms with van der Waals surface area (Å²) >= 11 is 0. The molecule has 0 aromatic heterocycles. The van der Waals surface area contributed by atoms with Crippen LogP contribution in [-0.2, 0) is 0 Å². The topological polar surface area (TPSA) is 38.5 Å². The summed E-state index contributed by atoms with van der Waals surface area (Å²) in [6.07, 6.45) is 2.29. The Bertz CT molecular complexity index is 405. The number of benzene rings is 1. The number of nitrogens with zero attached hydrogens (tertiary/aromatic N) is 1. The van der Waals surface area contributed by atoms with Gasteiger partial charge in [0.15, 0.2) is 0 Å². The Morgan fingerprint density at radius 2 is 2.11 bits per heavy atom. The van der Waals surface area contributed by atoms with Gasteiger partial charge in [-0.3, -0.25) is 4.90 Å². The number of para-hydroxylation sites is 1. The van der Waals surface area contributed by atoms with Gasteiger partial charge in [-0.2, -0.15) is 0 Å². The molecular formula is C16H26N2O. The molecule has 2 unspecified atom stereocenters. The number of rotatable bonds is 4. The number of likely N-dealkylation sites (tertiary alicyclic amines) is 1. The Morgan fingerprint density at radius 1 is 1.37 bits per heavy atom. The maximum absolute atomic E-state index is 6.40. The second-order valence-electron chi connectivity index (χ2n) is 5.88. The van der Waals surface area contributed by atoms with E-state index in [4.69, 9.17) is 10.5 Å². The van der Waals surface area contributed by atoms with E-state index in [2.05, 4.69) is 30.9 Å². The zero-order valence-corrected chi connectivity index (χ0v) is 12.3. The third-order valence-corrected chi connectivity index (χ3v) is 3.84. The summed E-state index contributed by atoms with van der Waals surface area (Å²) in [5.74, 6) is 1.61. The van der Waals surface area contributed by atoms with E-state index in [1.54, 1.807) is 7.11 Å². The van der Waals surface area contributed by atoms with Crippen molar-refractivity contribution in [3.05, 3.63) is 29.8 Å². The van der Waals surface area contributed by atoms with E-state index in [9.17, 15) is 0 Å². The van der Waals surface area contributed by atoms with Gasteiger partial charge in [-0.25, -0.2) is 0 Å². The van der Waals surface area contributed by atoms with Crippen molar-refractivity contribution in [2.45, 2.75) is 38.8 Å². The summed E-state index contributed by atoms with van der Waals surface area (Å²) in [7, 11) is 1.74. The molecule has 19 heavy (non-hydrogen) atoms. The minimum absolute atomic E-state index is 0.198. The van der Waals surface area contributed by atoms with Crippen LogP contribution in [0.3, 0.4) is 0 Å². The van der Waals surface area contributed by atoms with Crippen LogP contribution in [0.15, 0.2) is 24.3 Å². The summed E-state index contributed by atoms with van der Waals surface area (Å²) in [6, 6.07) is 8.76. The molecule has 0 aliphatic carbocycles. The van der Waals surface area contributed by atoms with Crippen molar-refractivity contribution in [3.8, 4) is 5.75 Å². The predicted octanol–water partition coefficient (Wildman–Crippen LogP) is 2.82. The van der Waals surface area contributed by atoms with Gasteiger partial charge in [-0.05, 0) is 31.4 Å². The fourth-order valence-corrected chi connectivity index (χ4v) is 3.11. The lowest BCUT2D eigenvalue weighted by atomic mass is 9.89. The van der Waals surface area contributed by atoms with Crippen LogP contribution in [0.1, 0.15) is 38.3 Å². The minimum atomic E-state index is 0.198. The largest absolute Gasteiger partial charge is 0.496 e. The summed E-state index contributed by atoms with van der Waals surface area (Å²) in [5, 5.41) is 0. The molecule has 1 fully saturated rings. The SMILES string of the molecule is COc1ccccc1C1C(N)CCCN1CC(C)C. The molecule has 2 N–H and O–H groups in total. The van der Waals surface area contributed by atoms with E-state index in [1.165, 1.54) is 12.0 Å². The highest BCUT2D eigenvalue weighted by molar-refractivity contribution is 5.37. The van der Waals surface area contributed by atoms with Crippen LogP contribution < -0.4 is 10.5 Å². The normalized spacial score (nSPS) is 24.7. The zero-order chi connectivity index (χ0) is 13.8. The predicted molar refractivity (Wildman–Crippen MR) is 79.4 cm³/mol. The lowest BCUT2D eigenvalue weighted by Gasteiger charge is -2.41. The first-order valence-corrected chi connectivity index (χ1v) is 7.26. The smallest absolute Gasteiger partial charge is 0.123 e. The third kappa shape index (κ3) is 3.28. The second-order valence-corrected chi connectivity index (χ2v) is 5.88. The van der Waals surface area contributed by atoms with Crippen LogP contribution in [0.4, 0.5) is 0 Å². The first-order chi connectivity index (χ1) is 9.13. The summed E-state index contributed by atoms with van der Waals surface area (Å²) < 4.78 is 5.52. The number of ether oxygens (including phenoxy) is 1. The van der Waals surface area contributed by atoms with Crippen LogP contribution in [0.25, 0.3) is 0 Å². The van der Waals surface area contributed by atoms with E-state index in [0.717, 1.165) is 25.3 Å². The van der Waals surface area contributed by atoms with Crippen molar-refractivity contribution in [1.29, 1.82) is 0 Å². The van der Waals surface area contributed by atoms with Crippen LogP contribution >= 0.6 is 0 Å². The molecule has 1 saturated heterocycles. The van der Waals surface area contributed by atoms with Crippen LogP contribution in [0.5, 0.6) is 5.75 Å². The van der Waals surface area contributed by atoms with Crippen LogP contribution in [0, 0.1) is 5.92 Å². The molecule has 106 valence electrons. The average Bonchev–Trinajstić information content (AvgIpc) is 2.38. The molecule has 1 aliphatic heterocycles. The van der Waals surface area contributed by atoms with Crippen molar-refractivity contribution < 1.29 is 4.74 Å². The zero-order valence-electron chi connectivity index (χ0n) is 12.3. The molecule has 1 aromatic carbocycles. The van der Waals surface area contributed by atoms with Crippen molar-refractivity contribution in [1.82, 2.24) is 4.90 Å². The molecule has 0 saturated carbocycles. The number of hydrogen-bond acceptors (Lipinski definition) is 3. The highest BCUT2D eigenvalue weighted by Crippen LogP contribution is 2.35. The molecule has 3 nitrogen and oxygen atoms in total. The van der Waals surface area contributed by atoms with E-state index < -0.39 is 0 Å². The molecular weight excluding hydrogens is 236 g/mol. The molecule has 2 rings (SSSR count). The Hall–Kier alpha value is -1.06. The Balaban J connectivity index is 2.30. The maximum Gasteiger partial charge on any atom is 0.123 e. The van der Waals surface area contributed by atoms with Gasteiger partial charge in [0, 0.05) is 18.2 Å². The lowest BCUT2D eigenvalue weighted by molar-refractivity contribution is 0.112. The maximum atomic E-state index is 6.40. The Labute approximate surface area is 116 Å². The highest BCUT2D eigenvalue weighted by Gasteiger charge is 2.32. The molecule has 0 spiro atoms. The average molecular weight is 262 g/mol. The molecule has 1 aliphatic rings. The number of methoxy groups -OCH3 is 1. The number of nitrogens with two attached hydrogens (primary N) is 1. The lowest BCUT2D eigenvalue weighted by Crippen LogP contribution is -2.47. The third-order valence-electron chi connectivity index (χ3n) is 3.84. The van der Waals surface area contributed by atoms with Gasteiger partial charge >= 0.3 is 0 Å². The Morgan fingerprint density at radius 3 is 2.79 bits per heavy atom. The fraction of sp³-hybridized carbons (Fsp3) is 0.625. The van der Waals surface area contributed by atoms with Crippen LogP contribution in [0.2, 0.25) is 0 Å². The molecule has 0 radical (unpaired) electrons. The van der Waals surface area contributed by atoms with Gasteiger partial charge < -0.3 is 10.5 Å². The van der Waals surface area contributed by atoms with Crippen LogP contribution in [-0.4, -0.2) is 31.1 Å². The van der Waals surface area contributed by atoms with Gasteiger partial charge in [0.25, 0.3) is 0 Å². The molecule has 2 atom stereocenters. The molecule has 1 aromatic rings. The number of piperidine rings is 1. The summed E-state index contributed by atoms with van der Waals surface area (Å²) in [4.78, 5) is 2.52. The van der Waals surface area contributed by atoms with Crippen molar-refractivity contribution in [2.24, 2.45) is 11.7 Å². The van der Waals surface area contributed by atoms with Gasteiger partial charge in [-0.15, -0.1) is 0 Å². The van der Waals surface area contributed by atoms with Crippen molar-refractivity contribution in [2.75, 3.05) is 20.2 Å². The van der Waals surface area contributed by atoms with Gasteiger partial charge in [0.1, 0.15) is 5.75 Å². The first kappa shape index (κ1) is 14.4. The number of hydrogen-bond donors (Lipinski definition) is 1. The first-order valence-electron chi connectivity index (χ1n) is 7.26. The minimum Gasteiger partial charge on any atom is -0.496 e. The Kier molecular flexibility index (Phi) is 4.83. The van der Waals surface area contributed by atoms with Crippen molar-refractivity contribution in [3.63, 3.8) is 0 Å². The summed E-state index contributed by atoms with van der Waals surface area (Å²) in [6.45, 7) is 6.75. The quantitative estimate of drug-likeness (QED) is 0.907. The molecule has 3 heteroatoms. The van der Waals surface area contributed by atoms with E-state index in [0.29, 0.717) is 5.92 Å². The van der Waals surface area contributed by atoms with Gasteiger partial charge in [-0.1, -0.05) is 32.0 Å². The standard InChI is InChI=1S/C16H26N2O/c1-12(2)11-18-10-6-8-14(17)16(18)13-7-4-5-9-15(13)19-3/h4-5,7,9,12,14,16H,6,8,10-11,17H2,1-3H3. The van der Waals surface area contributed by atoms with E-state index in [1.807, 2.05) is 12.1 Å². The van der Waals surface area contributed by atoms with Gasteiger partial charge in [0.05, 0.1) is 13.2 Å². The molecule has 0 bridgehead atoms. The van der Waals surface area contributed by atoms with E-state index >= 15 is 0 Å². The monoisotopic (exact) mass is 262 g/mol. The second kappa shape index (κ2) is 6.40. The van der Waals surface area contributed by atoms with E-state index in [-0.39, 0.29) is 12.1 Å². The van der Waals surface area contributed by atoms with Crippen molar-refractivity contribution >= 4 is 0 Å². The fourth-order valence-electron chi connectivity index (χ4n) is 3.11. The highest BCUT2D eigenvalue weighted by atomic mass is 16.5. The molecule has 0 amide bonds. The summed E-state index contributed by atoms with van der Waals surface area (Å²) in [5.41, 5.74) is 7.64. The van der Waals surface area contributed by atoms with Gasteiger partial charge in [0.2, 0.25) is 0 Å². The molecule has 1 heterocycles.